The second-order valence-corrected chi connectivity index (χ2v) is 7.08. The molecule has 2 aromatic heterocycles. The predicted molar refractivity (Wildman–Crippen MR) is 109 cm³/mol. The number of anilines is 1. The molecule has 1 amide bonds. The summed E-state index contributed by atoms with van der Waals surface area (Å²) in [5.74, 6) is -0.324. The Labute approximate surface area is 173 Å². The number of nitro benzene ring substituents is 1. The number of nitrogens with one attached hydrogen (secondary N) is 1. The summed E-state index contributed by atoms with van der Waals surface area (Å²) in [6.07, 6.45) is 0. The van der Waals surface area contributed by atoms with Crippen LogP contribution in [-0.2, 0) is 4.79 Å². The van der Waals surface area contributed by atoms with Gasteiger partial charge in [-0.3, -0.25) is 14.9 Å². The average molecular weight is 424 g/mol. The highest BCUT2D eigenvalue weighted by atomic mass is 32.2. The molecular formula is C19H13FN6O3S. The molecule has 2 aromatic carbocycles. The second kappa shape index (κ2) is 8.25. The van der Waals surface area contributed by atoms with Crippen molar-refractivity contribution in [1.29, 1.82) is 0 Å². The SMILES string of the molecule is O=C(CSc1ccc2nnc(-c3ccc(F)cc3)n2n1)Nc1ccccc1[N+](=O)[O-]. The van der Waals surface area contributed by atoms with E-state index in [0.717, 1.165) is 11.8 Å². The van der Waals surface area contributed by atoms with Gasteiger partial charge in [-0.2, -0.15) is 9.61 Å². The van der Waals surface area contributed by atoms with Gasteiger partial charge in [-0.15, -0.1) is 10.2 Å². The molecular weight excluding hydrogens is 411 g/mol. The van der Waals surface area contributed by atoms with Crippen molar-refractivity contribution in [2.75, 3.05) is 11.1 Å². The molecule has 0 atom stereocenters. The molecule has 0 spiro atoms. The number of hydrogen-bond donors (Lipinski definition) is 1. The number of nitrogens with zero attached hydrogens (tertiary/aromatic N) is 5. The Morgan fingerprint density at radius 2 is 1.87 bits per heavy atom. The third-order valence-corrected chi connectivity index (χ3v) is 4.99. The van der Waals surface area contributed by atoms with Gasteiger partial charge in [0, 0.05) is 11.6 Å². The summed E-state index contributed by atoms with van der Waals surface area (Å²) in [4.78, 5) is 22.7. The monoisotopic (exact) mass is 424 g/mol. The number of amides is 1. The Bertz CT molecular complexity index is 1240. The second-order valence-electron chi connectivity index (χ2n) is 6.08. The lowest BCUT2D eigenvalue weighted by molar-refractivity contribution is -0.383. The summed E-state index contributed by atoms with van der Waals surface area (Å²) >= 11 is 1.16. The van der Waals surface area contributed by atoms with Crippen LogP contribution in [0.2, 0.25) is 0 Å². The number of thioether (sulfide) groups is 1. The van der Waals surface area contributed by atoms with Gasteiger partial charge in [0.2, 0.25) is 5.91 Å². The molecule has 0 aliphatic heterocycles. The van der Waals surface area contributed by atoms with E-state index in [1.54, 1.807) is 30.3 Å². The fourth-order valence-electron chi connectivity index (χ4n) is 2.69. The number of fused-ring (bicyclic) bond motifs is 1. The summed E-state index contributed by atoms with van der Waals surface area (Å²) in [5, 5.41) is 26.7. The minimum atomic E-state index is -0.554. The molecule has 0 saturated carbocycles. The average Bonchev–Trinajstić information content (AvgIpc) is 3.16. The normalized spacial score (nSPS) is 10.8. The lowest BCUT2D eigenvalue weighted by Gasteiger charge is -2.06. The van der Waals surface area contributed by atoms with E-state index < -0.39 is 10.8 Å². The summed E-state index contributed by atoms with van der Waals surface area (Å²) in [6, 6.07) is 15.1. The zero-order valence-electron chi connectivity index (χ0n) is 15.2. The van der Waals surface area contributed by atoms with E-state index in [2.05, 4.69) is 20.6 Å². The molecule has 150 valence electrons. The first kappa shape index (κ1) is 19.5. The van der Waals surface area contributed by atoms with Crippen molar-refractivity contribution in [1.82, 2.24) is 19.8 Å². The molecule has 0 saturated heterocycles. The van der Waals surface area contributed by atoms with Crippen LogP contribution < -0.4 is 5.32 Å². The van der Waals surface area contributed by atoms with E-state index in [0.29, 0.717) is 22.1 Å². The minimum Gasteiger partial charge on any atom is -0.320 e. The third kappa shape index (κ3) is 4.10. The van der Waals surface area contributed by atoms with E-state index in [1.165, 1.54) is 34.8 Å². The first-order chi connectivity index (χ1) is 14.5. The van der Waals surface area contributed by atoms with Gasteiger partial charge < -0.3 is 5.32 Å². The van der Waals surface area contributed by atoms with Crippen LogP contribution in [0.4, 0.5) is 15.8 Å². The van der Waals surface area contributed by atoms with Crippen LogP contribution in [0.3, 0.4) is 0 Å². The van der Waals surface area contributed by atoms with Crippen molar-refractivity contribution in [3.8, 4) is 11.4 Å². The van der Waals surface area contributed by atoms with Gasteiger partial charge >= 0.3 is 0 Å². The first-order valence-corrected chi connectivity index (χ1v) is 9.64. The van der Waals surface area contributed by atoms with Gasteiger partial charge in [0.1, 0.15) is 16.5 Å². The van der Waals surface area contributed by atoms with E-state index in [9.17, 15) is 19.3 Å². The summed E-state index contributed by atoms with van der Waals surface area (Å²) in [6.45, 7) is 0. The zero-order chi connectivity index (χ0) is 21.1. The summed E-state index contributed by atoms with van der Waals surface area (Å²) in [7, 11) is 0. The van der Waals surface area contributed by atoms with Crippen LogP contribution in [0.5, 0.6) is 0 Å². The first-order valence-electron chi connectivity index (χ1n) is 8.66. The fraction of sp³-hybridized carbons (Fsp3) is 0.0526. The molecule has 0 bridgehead atoms. The number of hydrogen-bond acceptors (Lipinski definition) is 7. The van der Waals surface area contributed by atoms with Crippen LogP contribution in [0, 0.1) is 15.9 Å². The maximum Gasteiger partial charge on any atom is 0.292 e. The highest BCUT2D eigenvalue weighted by Crippen LogP contribution is 2.24. The molecule has 30 heavy (non-hydrogen) atoms. The van der Waals surface area contributed by atoms with Crippen molar-refractivity contribution in [3.05, 3.63) is 76.6 Å². The van der Waals surface area contributed by atoms with Crippen molar-refractivity contribution >= 4 is 34.7 Å². The van der Waals surface area contributed by atoms with Gasteiger partial charge in [0.15, 0.2) is 11.5 Å². The van der Waals surface area contributed by atoms with E-state index in [4.69, 9.17) is 0 Å². The van der Waals surface area contributed by atoms with Gasteiger partial charge in [0.25, 0.3) is 5.69 Å². The van der Waals surface area contributed by atoms with Crippen molar-refractivity contribution in [3.63, 3.8) is 0 Å². The van der Waals surface area contributed by atoms with Crippen LogP contribution >= 0.6 is 11.8 Å². The number of carbonyl (C=O) groups excluding carboxylic acids is 1. The summed E-state index contributed by atoms with van der Waals surface area (Å²) in [5.41, 5.74) is 1.11. The van der Waals surface area contributed by atoms with Crippen LogP contribution in [0.15, 0.2) is 65.7 Å². The Kier molecular flexibility index (Phi) is 5.35. The minimum absolute atomic E-state index is 0.00143. The Balaban J connectivity index is 1.49. The number of para-hydroxylation sites is 2. The van der Waals surface area contributed by atoms with Crippen molar-refractivity contribution in [2.45, 2.75) is 5.03 Å². The molecule has 4 aromatic rings. The highest BCUT2D eigenvalue weighted by Gasteiger charge is 2.15. The van der Waals surface area contributed by atoms with E-state index >= 15 is 0 Å². The largest absolute Gasteiger partial charge is 0.320 e. The van der Waals surface area contributed by atoms with Crippen LogP contribution in [0.25, 0.3) is 17.0 Å². The quantitative estimate of drug-likeness (QED) is 0.286. The number of nitro groups is 1. The zero-order valence-corrected chi connectivity index (χ0v) is 16.0. The third-order valence-electron chi connectivity index (χ3n) is 4.07. The number of benzene rings is 2. The predicted octanol–water partition coefficient (Wildman–Crippen LogP) is 3.57. The van der Waals surface area contributed by atoms with Gasteiger partial charge in [-0.05, 0) is 42.5 Å². The maximum atomic E-state index is 13.2. The lowest BCUT2D eigenvalue weighted by Crippen LogP contribution is -2.15. The number of aromatic nitrogens is 4. The van der Waals surface area contributed by atoms with Crippen LogP contribution in [0.1, 0.15) is 0 Å². The molecule has 0 unspecified atom stereocenters. The molecule has 9 nitrogen and oxygen atoms in total. The molecule has 0 aliphatic carbocycles. The smallest absolute Gasteiger partial charge is 0.292 e. The molecule has 11 heteroatoms. The van der Waals surface area contributed by atoms with Gasteiger partial charge in [-0.25, -0.2) is 4.39 Å². The molecule has 0 fully saturated rings. The summed E-state index contributed by atoms with van der Waals surface area (Å²) < 4.78 is 14.7. The van der Waals surface area contributed by atoms with Crippen LogP contribution in [-0.4, -0.2) is 36.4 Å². The Morgan fingerprint density at radius 1 is 1.10 bits per heavy atom. The van der Waals surface area contributed by atoms with E-state index in [-0.39, 0.29) is 22.9 Å². The number of halogens is 1. The fourth-order valence-corrected chi connectivity index (χ4v) is 3.35. The molecule has 0 aliphatic rings. The molecule has 0 radical (unpaired) electrons. The van der Waals surface area contributed by atoms with Gasteiger partial charge in [-0.1, -0.05) is 23.9 Å². The molecule has 1 N–H and O–H groups in total. The van der Waals surface area contributed by atoms with Gasteiger partial charge in [0.05, 0.1) is 10.7 Å². The lowest BCUT2D eigenvalue weighted by atomic mass is 10.2. The maximum absolute atomic E-state index is 13.2. The number of carbonyl (C=O) groups is 1. The molecule has 2 heterocycles. The topological polar surface area (TPSA) is 115 Å². The number of rotatable bonds is 6. The van der Waals surface area contributed by atoms with E-state index in [1.807, 2.05) is 0 Å². The van der Waals surface area contributed by atoms with Crippen molar-refractivity contribution in [2.24, 2.45) is 0 Å². The molecule has 4 rings (SSSR count). The highest BCUT2D eigenvalue weighted by molar-refractivity contribution is 7.99. The Hall–Kier alpha value is -3.86. The Morgan fingerprint density at radius 3 is 2.63 bits per heavy atom. The van der Waals surface area contributed by atoms with Crippen molar-refractivity contribution < 1.29 is 14.1 Å². The standard InChI is InChI=1S/C19H13FN6O3S/c20-13-7-5-12(6-8-13)19-23-22-16-9-10-18(24-25(16)19)30-11-17(27)21-14-3-1-2-4-15(14)26(28)29/h1-10H,11H2,(H,21,27).